The number of carbonyl (C=O) groups excluding carboxylic acids is 2. The van der Waals surface area contributed by atoms with Crippen LogP contribution in [0, 0.1) is 6.92 Å². The van der Waals surface area contributed by atoms with Crippen LogP contribution in [0.15, 0.2) is 62.6 Å². The molecule has 9 nitrogen and oxygen atoms in total. The van der Waals surface area contributed by atoms with Crippen molar-refractivity contribution in [3.8, 4) is 0 Å². The van der Waals surface area contributed by atoms with Crippen molar-refractivity contribution in [2.24, 2.45) is 0 Å². The molecule has 0 saturated carbocycles. The second-order valence-electron chi connectivity index (χ2n) is 6.84. The first kappa shape index (κ1) is 22.2. The molecule has 0 fully saturated rings. The van der Waals surface area contributed by atoms with E-state index in [2.05, 4.69) is 14.8 Å². The fraction of sp³-hybridized carbons (Fsp3) is 0.190. The number of hydrogen-bond acceptors (Lipinski definition) is 7. The van der Waals surface area contributed by atoms with E-state index in [9.17, 15) is 22.8 Å². The van der Waals surface area contributed by atoms with Crippen molar-refractivity contribution in [1.29, 1.82) is 0 Å². The number of ether oxygens (including phenoxy) is 1. The number of carbonyl (C=O) groups is 2. The molecule has 0 aliphatic heterocycles. The number of methoxy groups -OCH3 is 1. The minimum atomic E-state index is -3.88. The molecule has 0 aliphatic rings. The van der Waals surface area contributed by atoms with Gasteiger partial charge >= 0.3 is 11.6 Å². The number of benzene rings is 2. The highest BCUT2D eigenvalue weighted by atomic mass is 32.2. The molecule has 0 saturated heterocycles. The van der Waals surface area contributed by atoms with Gasteiger partial charge in [-0.1, -0.05) is 17.7 Å². The molecule has 1 heterocycles. The van der Waals surface area contributed by atoms with E-state index < -0.39 is 33.6 Å². The minimum absolute atomic E-state index is 0.0498. The van der Waals surface area contributed by atoms with E-state index in [1.807, 2.05) is 6.92 Å². The van der Waals surface area contributed by atoms with Crippen LogP contribution in [0.4, 0.5) is 5.69 Å². The van der Waals surface area contributed by atoms with Crippen molar-refractivity contribution in [2.45, 2.75) is 24.8 Å². The summed E-state index contributed by atoms with van der Waals surface area (Å²) in [7, 11) is -2.74. The Labute approximate surface area is 178 Å². The van der Waals surface area contributed by atoms with Crippen LogP contribution in [0.25, 0.3) is 11.0 Å². The first-order valence-electron chi connectivity index (χ1n) is 9.17. The monoisotopic (exact) mass is 444 g/mol. The van der Waals surface area contributed by atoms with Gasteiger partial charge in [-0.05, 0) is 50.2 Å². The zero-order valence-electron chi connectivity index (χ0n) is 17.0. The fourth-order valence-electron chi connectivity index (χ4n) is 2.78. The molecule has 31 heavy (non-hydrogen) atoms. The Kier molecular flexibility index (Phi) is 6.23. The van der Waals surface area contributed by atoms with Gasteiger partial charge in [0.1, 0.15) is 11.1 Å². The predicted octanol–water partition coefficient (Wildman–Crippen LogP) is 2.19. The van der Waals surface area contributed by atoms with E-state index in [0.29, 0.717) is 11.1 Å². The van der Waals surface area contributed by atoms with Crippen LogP contribution in [-0.2, 0) is 19.6 Å². The Morgan fingerprint density at radius 3 is 2.39 bits per heavy atom. The molecule has 3 aromatic rings. The molecule has 0 spiro atoms. The first-order valence-corrected chi connectivity index (χ1v) is 10.6. The summed E-state index contributed by atoms with van der Waals surface area (Å²) in [6.07, 6.45) is 0. The molecule has 2 N–H and O–H groups in total. The van der Waals surface area contributed by atoms with Crippen molar-refractivity contribution in [1.82, 2.24) is 4.72 Å². The van der Waals surface area contributed by atoms with Crippen LogP contribution in [-0.4, -0.2) is 33.4 Å². The zero-order valence-corrected chi connectivity index (χ0v) is 17.8. The van der Waals surface area contributed by atoms with Gasteiger partial charge in [0, 0.05) is 11.1 Å². The van der Waals surface area contributed by atoms with E-state index in [4.69, 9.17) is 4.42 Å². The average molecular weight is 444 g/mol. The summed E-state index contributed by atoms with van der Waals surface area (Å²) in [5, 5.41) is 2.97. The molecule has 0 bridgehead atoms. The van der Waals surface area contributed by atoms with Crippen LogP contribution in [0.2, 0.25) is 0 Å². The predicted molar refractivity (Wildman–Crippen MR) is 113 cm³/mol. The molecule has 1 atom stereocenters. The minimum Gasteiger partial charge on any atom is -0.465 e. The van der Waals surface area contributed by atoms with Gasteiger partial charge in [0.25, 0.3) is 0 Å². The van der Waals surface area contributed by atoms with Gasteiger partial charge < -0.3 is 14.5 Å². The maximum atomic E-state index is 12.5. The number of rotatable bonds is 6. The van der Waals surface area contributed by atoms with E-state index >= 15 is 0 Å². The van der Waals surface area contributed by atoms with Gasteiger partial charge in [0.15, 0.2) is 0 Å². The normalized spacial score (nSPS) is 12.4. The van der Waals surface area contributed by atoms with Crippen LogP contribution in [0.3, 0.4) is 0 Å². The third-order valence-corrected chi connectivity index (χ3v) is 6.02. The topological polar surface area (TPSA) is 132 Å². The quantitative estimate of drug-likeness (QED) is 0.440. The molecule has 0 unspecified atom stereocenters. The second kappa shape index (κ2) is 8.70. The fourth-order valence-corrected chi connectivity index (χ4v) is 3.98. The van der Waals surface area contributed by atoms with Gasteiger partial charge in [-0.15, -0.1) is 0 Å². The van der Waals surface area contributed by atoms with Gasteiger partial charge in [0.05, 0.1) is 18.0 Å². The number of sulfonamides is 1. The molecular formula is C21H20N2O7S. The number of hydrogen-bond donors (Lipinski definition) is 2. The zero-order chi connectivity index (χ0) is 22.8. The molecule has 1 aromatic heterocycles. The summed E-state index contributed by atoms with van der Waals surface area (Å²) in [4.78, 5) is 36.1. The molecule has 3 rings (SSSR count). The van der Waals surface area contributed by atoms with Gasteiger partial charge in [-0.25, -0.2) is 18.0 Å². The van der Waals surface area contributed by atoms with Gasteiger partial charge in [-0.3, -0.25) is 4.79 Å². The Morgan fingerprint density at radius 1 is 1.06 bits per heavy atom. The third-order valence-electron chi connectivity index (χ3n) is 4.46. The van der Waals surface area contributed by atoms with Crippen molar-refractivity contribution in [3.05, 3.63) is 70.1 Å². The average Bonchev–Trinajstić information content (AvgIpc) is 2.72. The highest BCUT2D eigenvalue weighted by Crippen LogP contribution is 2.20. The molecular weight excluding hydrogens is 424 g/mol. The highest BCUT2D eigenvalue weighted by molar-refractivity contribution is 7.89. The van der Waals surface area contributed by atoms with E-state index in [1.54, 1.807) is 12.1 Å². The number of nitrogens with one attached hydrogen (secondary N) is 2. The lowest BCUT2D eigenvalue weighted by Gasteiger charge is -2.15. The van der Waals surface area contributed by atoms with Crippen molar-refractivity contribution >= 4 is 38.6 Å². The Balaban J connectivity index is 1.78. The summed E-state index contributed by atoms with van der Waals surface area (Å²) >= 11 is 0. The highest BCUT2D eigenvalue weighted by Gasteiger charge is 2.22. The van der Waals surface area contributed by atoms with Crippen molar-refractivity contribution < 1.29 is 27.2 Å². The Morgan fingerprint density at radius 2 is 1.74 bits per heavy atom. The van der Waals surface area contributed by atoms with E-state index in [-0.39, 0.29) is 16.0 Å². The third kappa shape index (κ3) is 4.98. The number of anilines is 1. The second-order valence-corrected chi connectivity index (χ2v) is 8.55. The standard InChI is InChI=1S/C21H20N2O7S/c1-12-4-7-16(8-5-12)31(27,28)23-13(2)19(24)22-15-6-9-18-14(10-15)11-17(20(25)29-3)21(26)30-18/h4-11,13,23H,1-3H3,(H,22,24)/t13-/m0/s1. The lowest BCUT2D eigenvalue weighted by atomic mass is 10.1. The summed E-state index contributed by atoms with van der Waals surface area (Å²) in [6.45, 7) is 3.25. The van der Waals surface area contributed by atoms with Gasteiger partial charge in [-0.2, -0.15) is 4.72 Å². The molecule has 10 heteroatoms. The van der Waals surface area contributed by atoms with Gasteiger partial charge in [0.2, 0.25) is 15.9 Å². The largest absolute Gasteiger partial charge is 0.465 e. The summed E-state index contributed by atoms with van der Waals surface area (Å²) in [6, 6.07) is 10.9. The number of aryl methyl sites for hydroxylation is 1. The first-order chi connectivity index (χ1) is 14.6. The number of esters is 1. The Hall–Kier alpha value is -3.50. The summed E-state index contributed by atoms with van der Waals surface area (Å²) in [5.41, 5.74) is 0.326. The number of amides is 1. The molecule has 2 aromatic carbocycles. The van der Waals surface area contributed by atoms with Crippen LogP contribution < -0.4 is 15.7 Å². The maximum absolute atomic E-state index is 12.5. The van der Waals surface area contributed by atoms with Crippen LogP contribution in [0.5, 0.6) is 0 Å². The Bertz CT molecular complexity index is 1310. The van der Waals surface area contributed by atoms with E-state index in [0.717, 1.165) is 12.7 Å². The molecule has 162 valence electrons. The molecule has 1 amide bonds. The molecule has 0 aliphatic carbocycles. The maximum Gasteiger partial charge on any atom is 0.351 e. The summed E-state index contributed by atoms with van der Waals surface area (Å²) in [5.74, 6) is -1.44. The smallest absolute Gasteiger partial charge is 0.351 e. The molecule has 0 radical (unpaired) electrons. The van der Waals surface area contributed by atoms with E-state index in [1.165, 1.54) is 43.3 Å². The SMILES string of the molecule is COC(=O)c1cc2cc(NC(=O)[C@H](C)NS(=O)(=O)c3ccc(C)cc3)ccc2oc1=O. The van der Waals surface area contributed by atoms with Crippen molar-refractivity contribution in [2.75, 3.05) is 12.4 Å². The lowest BCUT2D eigenvalue weighted by Crippen LogP contribution is -2.41. The number of fused-ring (bicyclic) bond motifs is 1. The van der Waals surface area contributed by atoms with Crippen LogP contribution in [0.1, 0.15) is 22.8 Å². The van der Waals surface area contributed by atoms with Crippen LogP contribution >= 0.6 is 0 Å². The summed E-state index contributed by atoms with van der Waals surface area (Å²) < 4.78 is 36.9. The van der Waals surface area contributed by atoms with Crippen molar-refractivity contribution in [3.63, 3.8) is 0 Å². The lowest BCUT2D eigenvalue weighted by molar-refractivity contribution is -0.117.